The number of nitrogens with zero attached hydrogens (tertiary/aromatic N) is 1. The van der Waals surface area contributed by atoms with E-state index in [0.29, 0.717) is 5.56 Å². The first-order valence-corrected chi connectivity index (χ1v) is 5.19. The maximum atomic E-state index is 7.22. The second kappa shape index (κ2) is 5.37. The van der Waals surface area contributed by atoms with E-state index in [9.17, 15) is 0 Å². The Bertz CT molecular complexity index is 330. The van der Waals surface area contributed by atoms with Crippen molar-refractivity contribution in [1.82, 2.24) is 4.98 Å². The second-order valence-electron chi connectivity index (χ2n) is 4.01. The third-order valence-electron chi connectivity index (χ3n) is 1.46. The van der Waals surface area contributed by atoms with Crippen LogP contribution in [0.25, 0.3) is 0 Å². The molecular weight excluding hydrogens is 230 g/mol. The first-order valence-electron chi connectivity index (χ1n) is 4.38. The van der Waals surface area contributed by atoms with Crippen LogP contribution in [0.3, 0.4) is 0 Å². The summed E-state index contributed by atoms with van der Waals surface area (Å²) in [5, 5.41) is 8.18. The Balaban J connectivity index is 0.00000196. The van der Waals surface area contributed by atoms with Crippen LogP contribution in [-0.2, 0) is 0 Å². The summed E-state index contributed by atoms with van der Waals surface area (Å²) in [7, 11) is 0. The number of hydrogen-bond donors (Lipinski definition) is 2. The molecule has 5 heteroatoms. The molecule has 0 saturated heterocycles. The summed E-state index contributed by atoms with van der Waals surface area (Å²) in [6.07, 6.45) is 1.64. The predicted molar refractivity (Wildman–Crippen MR) is 68.1 cm³/mol. The summed E-state index contributed by atoms with van der Waals surface area (Å²) in [6.45, 7) is 6.41. The number of thioether (sulfide) groups is 1. The summed E-state index contributed by atoms with van der Waals surface area (Å²) in [6, 6.07) is 3.72. The zero-order valence-electron chi connectivity index (χ0n) is 9.07. The zero-order valence-corrected chi connectivity index (χ0v) is 10.7. The number of aromatic nitrogens is 1. The van der Waals surface area contributed by atoms with E-state index in [1.807, 2.05) is 12.1 Å². The molecule has 1 heterocycles. The zero-order chi connectivity index (χ0) is 10.8. The molecule has 0 bridgehead atoms. The molecule has 0 spiro atoms. The fraction of sp³-hybridized carbons (Fsp3) is 0.400. The van der Waals surface area contributed by atoms with Crippen LogP contribution in [0.5, 0.6) is 0 Å². The van der Waals surface area contributed by atoms with Gasteiger partial charge in [0.1, 0.15) is 5.84 Å². The van der Waals surface area contributed by atoms with E-state index in [1.165, 1.54) is 0 Å². The summed E-state index contributed by atoms with van der Waals surface area (Å²) >= 11 is 1.70. The molecule has 0 fully saturated rings. The number of nitrogen functional groups attached to an aromatic ring is 1. The molecule has 0 aliphatic heterocycles. The SMILES string of the molecule is CC(C)(C)Sc1ccc(C(=N)N)cn1.Cl. The van der Waals surface area contributed by atoms with Gasteiger partial charge < -0.3 is 5.73 Å². The highest BCUT2D eigenvalue weighted by Gasteiger charge is 2.12. The highest BCUT2D eigenvalue weighted by Crippen LogP contribution is 2.29. The van der Waals surface area contributed by atoms with Gasteiger partial charge in [-0.05, 0) is 12.1 Å². The fourth-order valence-corrected chi connectivity index (χ4v) is 1.78. The van der Waals surface area contributed by atoms with E-state index < -0.39 is 0 Å². The molecule has 1 aromatic heterocycles. The predicted octanol–water partition coefficient (Wildman–Crippen LogP) is 2.68. The minimum Gasteiger partial charge on any atom is -0.384 e. The maximum absolute atomic E-state index is 7.22. The molecule has 0 radical (unpaired) electrons. The van der Waals surface area contributed by atoms with Gasteiger partial charge in [-0.2, -0.15) is 0 Å². The molecule has 0 saturated carbocycles. The van der Waals surface area contributed by atoms with E-state index in [0.717, 1.165) is 5.03 Å². The van der Waals surface area contributed by atoms with Crippen molar-refractivity contribution < 1.29 is 0 Å². The number of pyridine rings is 1. The van der Waals surface area contributed by atoms with Gasteiger partial charge in [-0.25, -0.2) is 4.98 Å². The lowest BCUT2D eigenvalue weighted by Crippen LogP contribution is -2.12. The standard InChI is InChI=1S/C10H15N3S.ClH/c1-10(2,3)14-8-5-4-7(6-13-8)9(11)12;/h4-6H,1-3H3,(H3,11,12);1H. The molecule has 3 nitrogen and oxygen atoms in total. The van der Waals surface area contributed by atoms with Crippen molar-refractivity contribution >= 4 is 30.0 Å². The van der Waals surface area contributed by atoms with Crippen molar-refractivity contribution in [3.63, 3.8) is 0 Å². The quantitative estimate of drug-likeness (QED) is 0.478. The van der Waals surface area contributed by atoms with Gasteiger partial charge >= 0.3 is 0 Å². The minimum atomic E-state index is 0. The van der Waals surface area contributed by atoms with Crippen LogP contribution >= 0.6 is 24.2 Å². The van der Waals surface area contributed by atoms with Gasteiger partial charge in [-0.3, -0.25) is 5.41 Å². The van der Waals surface area contributed by atoms with E-state index in [4.69, 9.17) is 11.1 Å². The highest BCUT2D eigenvalue weighted by atomic mass is 35.5. The van der Waals surface area contributed by atoms with Crippen molar-refractivity contribution in [3.05, 3.63) is 23.9 Å². The molecule has 1 rings (SSSR count). The average Bonchev–Trinajstić information content (AvgIpc) is 2.02. The molecule has 0 aliphatic rings. The first kappa shape index (κ1) is 14.3. The van der Waals surface area contributed by atoms with E-state index >= 15 is 0 Å². The number of rotatable bonds is 2. The molecule has 84 valence electrons. The third-order valence-corrected chi connectivity index (χ3v) is 2.52. The van der Waals surface area contributed by atoms with E-state index in [2.05, 4.69) is 25.8 Å². The molecule has 0 atom stereocenters. The lowest BCUT2D eigenvalue weighted by molar-refractivity contribution is 0.799. The lowest BCUT2D eigenvalue weighted by Gasteiger charge is -2.16. The van der Waals surface area contributed by atoms with Crippen LogP contribution in [0.4, 0.5) is 0 Å². The lowest BCUT2D eigenvalue weighted by atomic mass is 10.3. The molecule has 0 aromatic carbocycles. The molecule has 3 N–H and O–H groups in total. The second-order valence-corrected chi connectivity index (χ2v) is 5.86. The largest absolute Gasteiger partial charge is 0.384 e. The summed E-state index contributed by atoms with van der Waals surface area (Å²) in [5.74, 6) is 0.0600. The van der Waals surface area contributed by atoms with Gasteiger partial charge in [-0.1, -0.05) is 20.8 Å². The molecule has 15 heavy (non-hydrogen) atoms. The Labute approximate surface area is 101 Å². The Morgan fingerprint density at radius 2 is 2.00 bits per heavy atom. The minimum absolute atomic E-state index is 0. The normalized spacial score (nSPS) is 10.6. The van der Waals surface area contributed by atoms with Crippen LogP contribution < -0.4 is 5.73 Å². The van der Waals surface area contributed by atoms with Crippen LogP contribution in [0, 0.1) is 5.41 Å². The van der Waals surface area contributed by atoms with Gasteiger partial charge in [0.25, 0.3) is 0 Å². The molecule has 1 aromatic rings. The Morgan fingerprint density at radius 1 is 1.40 bits per heavy atom. The van der Waals surface area contributed by atoms with Crippen LogP contribution in [0.2, 0.25) is 0 Å². The third kappa shape index (κ3) is 5.04. The fourth-order valence-electron chi connectivity index (χ4n) is 0.914. The molecule has 0 amide bonds. The molecule has 0 aliphatic carbocycles. The summed E-state index contributed by atoms with van der Waals surface area (Å²) in [4.78, 5) is 4.23. The number of nitrogens with two attached hydrogens (primary N) is 1. The number of halogens is 1. The highest BCUT2D eigenvalue weighted by molar-refractivity contribution is 8.00. The topological polar surface area (TPSA) is 62.8 Å². The van der Waals surface area contributed by atoms with Crippen molar-refractivity contribution in [2.45, 2.75) is 30.5 Å². The summed E-state index contributed by atoms with van der Waals surface area (Å²) in [5.41, 5.74) is 6.00. The number of hydrogen-bond acceptors (Lipinski definition) is 3. The Hall–Kier alpha value is -0.740. The average molecular weight is 246 g/mol. The molecular formula is C10H16ClN3S. The van der Waals surface area contributed by atoms with Crippen LogP contribution in [-0.4, -0.2) is 15.6 Å². The van der Waals surface area contributed by atoms with Gasteiger partial charge in [0.15, 0.2) is 0 Å². The summed E-state index contributed by atoms with van der Waals surface area (Å²) < 4.78 is 0.157. The monoisotopic (exact) mass is 245 g/mol. The smallest absolute Gasteiger partial charge is 0.124 e. The Morgan fingerprint density at radius 3 is 2.33 bits per heavy atom. The molecule has 0 unspecified atom stereocenters. The van der Waals surface area contributed by atoms with Gasteiger partial charge in [0, 0.05) is 16.5 Å². The number of amidine groups is 1. The Kier molecular flexibility index (Phi) is 5.11. The van der Waals surface area contributed by atoms with E-state index in [-0.39, 0.29) is 23.0 Å². The van der Waals surface area contributed by atoms with Gasteiger partial charge in [0.2, 0.25) is 0 Å². The van der Waals surface area contributed by atoms with Gasteiger partial charge in [0.05, 0.1) is 5.03 Å². The first-order chi connectivity index (χ1) is 6.38. The van der Waals surface area contributed by atoms with Crippen molar-refractivity contribution in [2.24, 2.45) is 5.73 Å². The van der Waals surface area contributed by atoms with Crippen molar-refractivity contribution in [1.29, 1.82) is 5.41 Å². The van der Waals surface area contributed by atoms with E-state index in [1.54, 1.807) is 18.0 Å². The van der Waals surface area contributed by atoms with Crippen LogP contribution in [0.1, 0.15) is 26.3 Å². The van der Waals surface area contributed by atoms with Crippen molar-refractivity contribution in [3.8, 4) is 0 Å². The number of nitrogens with one attached hydrogen (secondary N) is 1. The van der Waals surface area contributed by atoms with Gasteiger partial charge in [-0.15, -0.1) is 24.2 Å². The van der Waals surface area contributed by atoms with Crippen LogP contribution in [0.15, 0.2) is 23.4 Å². The van der Waals surface area contributed by atoms with Crippen molar-refractivity contribution in [2.75, 3.05) is 0 Å². The maximum Gasteiger partial charge on any atom is 0.124 e.